The van der Waals surface area contributed by atoms with Gasteiger partial charge in [0.05, 0.1) is 52.3 Å². The molecule has 0 saturated carbocycles. The molecule has 5 aromatic rings. The first-order chi connectivity index (χ1) is 17.6. The Kier molecular flexibility index (Phi) is 6.68. The topological polar surface area (TPSA) is 103 Å². The molecule has 0 radical (unpaired) electrons. The fourth-order valence-electron chi connectivity index (χ4n) is 4.15. The van der Waals surface area contributed by atoms with Crippen LogP contribution in [-0.4, -0.2) is 40.2 Å². The lowest BCUT2D eigenvalue weighted by atomic mass is 10.0. The van der Waals surface area contributed by atoms with E-state index in [4.69, 9.17) is 4.98 Å². The van der Waals surface area contributed by atoms with Crippen LogP contribution in [0.15, 0.2) is 67.0 Å². The molecule has 0 saturated heterocycles. The Hall–Kier alpha value is -4.18. The van der Waals surface area contributed by atoms with Gasteiger partial charge in [0.1, 0.15) is 0 Å². The van der Waals surface area contributed by atoms with Gasteiger partial charge in [-0.05, 0) is 48.1 Å². The number of amides is 1. The number of hydrogen-bond acceptors (Lipinski definition) is 7. The predicted octanol–water partition coefficient (Wildman–Crippen LogP) is 4.30. The molecule has 10 heteroatoms. The summed E-state index contributed by atoms with van der Waals surface area (Å²) in [5.74, 6) is 0.224. The van der Waals surface area contributed by atoms with E-state index >= 15 is 0 Å². The lowest BCUT2D eigenvalue weighted by Gasteiger charge is -2.20. The van der Waals surface area contributed by atoms with Crippen molar-refractivity contribution in [3.05, 3.63) is 95.0 Å². The molecule has 0 aromatic carbocycles. The van der Waals surface area contributed by atoms with E-state index in [1.54, 1.807) is 53.3 Å². The van der Waals surface area contributed by atoms with E-state index in [0.717, 1.165) is 39.5 Å². The molecule has 5 heterocycles. The van der Waals surface area contributed by atoms with Gasteiger partial charge in [-0.25, -0.2) is 19.6 Å². The first-order valence-electron chi connectivity index (χ1n) is 11.7. The van der Waals surface area contributed by atoms with E-state index in [-0.39, 0.29) is 5.91 Å². The third-order valence-corrected chi connectivity index (χ3v) is 6.84. The number of nitrogens with one attached hydrogen (secondary N) is 1. The predicted molar refractivity (Wildman–Crippen MR) is 138 cm³/mol. The Labute approximate surface area is 212 Å². The number of aromatic nitrogens is 7. The minimum absolute atomic E-state index is 0.224. The van der Waals surface area contributed by atoms with E-state index in [1.165, 1.54) is 0 Å². The SMILES string of the molecule is CCCc1c(C(=O)NC(c2ccncc2)c2cncn2C)cnn1-c1ncc(C)c(-c2cccs2)n1. The molecule has 0 fully saturated rings. The lowest BCUT2D eigenvalue weighted by Crippen LogP contribution is -2.31. The van der Waals surface area contributed by atoms with Crippen molar-refractivity contribution in [1.82, 2.24) is 39.6 Å². The Morgan fingerprint density at radius 1 is 1.14 bits per heavy atom. The molecule has 0 aliphatic heterocycles. The summed E-state index contributed by atoms with van der Waals surface area (Å²) in [4.78, 5) is 32.4. The number of hydrogen-bond donors (Lipinski definition) is 1. The second kappa shape index (κ2) is 10.2. The number of rotatable bonds is 8. The Balaban J connectivity index is 1.52. The van der Waals surface area contributed by atoms with Crippen molar-refractivity contribution < 1.29 is 4.79 Å². The maximum atomic E-state index is 13.6. The normalized spacial score (nSPS) is 12.0. The number of carbonyl (C=O) groups is 1. The maximum absolute atomic E-state index is 13.6. The Morgan fingerprint density at radius 2 is 1.97 bits per heavy atom. The molecule has 1 N–H and O–H groups in total. The van der Waals surface area contributed by atoms with Crippen molar-refractivity contribution in [2.24, 2.45) is 7.05 Å². The first-order valence-corrected chi connectivity index (χ1v) is 12.6. The summed E-state index contributed by atoms with van der Waals surface area (Å²) in [6.07, 6.45) is 11.8. The van der Waals surface area contributed by atoms with Crippen LogP contribution in [0.1, 0.15) is 52.3 Å². The largest absolute Gasteiger partial charge is 0.339 e. The highest BCUT2D eigenvalue weighted by Gasteiger charge is 2.25. The van der Waals surface area contributed by atoms with Crippen LogP contribution in [0.25, 0.3) is 16.5 Å². The highest BCUT2D eigenvalue weighted by atomic mass is 32.1. The van der Waals surface area contributed by atoms with Crippen LogP contribution in [0.3, 0.4) is 0 Å². The van der Waals surface area contributed by atoms with Crippen LogP contribution in [0.2, 0.25) is 0 Å². The minimum atomic E-state index is -0.396. The average Bonchev–Trinajstić information content (AvgIpc) is 3.65. The van der Waals surface area contributed by atoms with Crippen LogP contribution in [0.5, 0.6) is 0 Å². The van der Waals surface area contributed by atoms with E-state index in [0.29, 0.717) is 17.9 Å². The monoisotopic (exact) mass is 498 g/mol. The summed E-state index contributed by atoms with van der Waals surface area (Å²) in [6.45, 7) is 4.06. The van der Waals surface area contributed by atoms with Gasteiger partial charge in [-0.1, -0.05) is 19.4 Å². The van der Waals surface area contributed by atoms with Crippen molar-refractivity contribution in [1.29, 1.82) is 0 Å². The minimum Gasteiger partial charge on any atom is -0.339 e. The first kappa shape index (κ1) is 23.6. The van der Waals surface area contributed by atoms with Gasteiger partial charge >= 0.3 is 0 Å². The third-order valence-electron chi connectivity index (χ3n) is 5.97. The van der Waals surface area contributed by atoms with Crippen molar-refractivity contribution >= 4 is 17.2 Å². The number of nitrogens with zero attached hydrogens (tertiary/aromatic N) is 7. The molecule has 5 rings (SSSR count). The van der Waals surface area contributed by atoms with Gasteiger partial charge in [-0.3, -0.25) is 9.78 Å². The van der Waals surface area contributed by atoms with E-state index < -0.39 is 6.04 Å². The average molecular weight is 499 g/mol. The second-order valence-corrected chi connectivity index (χ2v) is 9.41. The van der Waals surface area contributed by atoms with Crippen LogP contribution in [0.4, 0.5) is 0 Å². The molecule has 1 amide bonds. The zero-order valence-corrected chi connectivity index (χ0v) is 21.1. The van der Waals surface area contributed by atoms with Crippen molar-refractivity contribution in [3.8, 4) is 16.5 Å². The van der Waals surface area contributed by atoms with Crippen LogP contribution < -0.4 is 5.32 Å². The van der Waals surface area contributed by atoms with Gasteiger partial charge in [0.15, 0.2) is 0 Å². The highest BCUT2D eigenvalue weighted by molar-refractivity contribution is 7.13. The van der Waals surface area contributed by atoms with Gasteiger partial charge in [-0.15, -0.1) is 11.3 Å². The Bertz CT molecular complexity index is 1470. The van der Waals surface area contributed by atoms with Gasteiger partial charge in [-0.2, -0.15) is 5.10 Å². The number of aryl methyl sites for hydroxylation is 2. The van der Waals surface area contributed by atoms with Crippen molar-refractivity contribution in [2.45, 2.75) is 32.7 Å². The lowest BCUT2D eigenvalue weighted by molar-refractivity contribution is 0.0941. The molecule has 0 aliphatic carbocycles. The molecular formula is C26H26N8OS. The maximum Gasteiger partial charge on any atom is 0.255 e. The fraction of sp³-hybridized carbons (Fsp3) is 0.231. The molecule has 0 spiro atoms. The summed E-state index contributed by atoms with van der Waals surface area (Å²) in [5.41, 5.74) is 4.90. The van der Waals surface area contributed by atoms with Crippen LogP contribution in [0, 0.1) is 6.92 Å². The molecule has 5 aromatic heterocycles. The molecule has 0 aliphatic rings. The second-order valence-electron chi connectivity index (χ2n) is 8.46. The molecule has 1 atom stereocenters. The summed E-state index contributed by atoms with van der Waals surface area (Å²) >= 11 is 1.63. The summed E-state index contributed by atoms with van der Waals surface area (Å²) in [6, 6.07) is 7.42. The summed E-state index contributed by atoms with van der Waals surface area (Å²) in [5, 5.41) is 9.75. The van der Waals surface area contributed by atoms with Crippen molar-refractivity contribution in [2.75, 3.05) is 0 Å². The molecular weight excluding hydrogens is 472 g/mol. The highest BCUT2D eigenvalue weighted by Crippen LogP contribution is 2.27. The van der Waals surface area contributed by atoms with E-state index in [9.17, 15) is 4.79 Å². The number of imidazole rings is 1. The molecule has 9 nitrogen and oxygen atoms in total. The number of thiophene rings is 1. The van der Waals surface area contributed by atoms with E-state index in [2.05, 4.69) is 32.3 Å². The Morgan fingerprint density at radius 3 is 2.67 bits per heavy atom. The van der Waals surface area contributed by atoms with Gasteiger partial charge in [0.25, 0.3) is 11.9 Å². The third kappa shape index (κ3) is 4.55. The molecule has 1 unspecified atom stereocenters. The quantitative estimate of drug-likeness (QED) is 0.342. The molecule has 36 heavy (non-hydrogen) atoms. The standard InChI is InChI=1S/C26H26N8OS/c1-4-6-20-19(14-30-34(20)26-29-13-17(2)23(32-26)22-7-5-12-36-22)25(35)31-24(18-8-10-27-11-9-18)21-15-28-16-33(21)3/h5,7-16,24H,4,6H2,1-3H3,(H,31,35). The van der Waals surface area contributed by atoms with Gasteiger partial charge < -0.3 is 9.88 Å². The molecule has 0 bridgehead atoms. The van der Waals surface area contributed by atoms with Crippen molar-refractivity contribution in [3.63, 3.8) is 0 Å². The summed E-state index contributed by atoms with van der Waals surface area (Å²) in [7, 11) is 1.91. The van der Waals surface area contributed by atoms with Crippen LogP contribution >= 0.6 is 11.3 Å². The number of pyridine rings is 1. The van der Waals surface area contributed by atoms with Crippen LogP contribution in [-0.2, 0) is 13.5 Å². The zero-order chi connectivity index (χ0) is 25.1. The summed E-state index contributed by atoms with van der Waals surface area (Å²) < 4.78 is 3.58. The number of carbonyl (C=O) groups excluding carboxylic acids is 1. The molecule has 182 valence electrons. The smallest absolute Gasteiger partial charge is 0.255 e. The van der Waals surface area contributed by atoms with Gasteiger partial charge in [0.2, 0.25) is 0 Å². The zero-order valence-electron chi connectivity index (χ0n) is 20.3. The fourth-order valence-corrected chi connectivity index (χ4v) is 4.93. The van der Waals surface area contributed by atoms with Gasteiger partial charge in [0, 0.05) is 25.6 Å². The van der Waals surface area contributed by atoms with E-state index in [1.807, 2.05) is 48.2 Å².